The summed E-state index contributed by atoms with van der Waals surface area (Å²) < 4.78 is 0. The minimum Gasteiger partial charge on any atom is -0.195 e. The van der Waals surface area contributed by atoms with Gasteiger partial charge in [-0.15, -0.1) is 11.3 Å². The topological polar surface area (TPSA) is 12.4 Å². The van der Waals surface area contributed by atoms with Gasteiger partial charge in [0.1, 0.15) is 5.00 Å². The first kappa shape index (κ1) is 27.1. The highest BCUT2D eigenvalue weighted by molar-refractivity contribution is 7.15. The van der Waals surface area contributed by atoms with Crippen LogP contribution in [0.3, 0.4) is 0 Å². The molecule has 1 heterocycles. The first-order chi connectivity index (χ1) is 22.5. The molecule has 0 bridgehead atoms. The summed E-state index contributed by atoms with van der Waals surface area (Å²) in [5.74, 6) is 3.42. The number of aliphatic imine (C=N–C) groups is 1. The number of aryl methyl sites for hydroxylation is 2. The molecule has 0 saturated heterocycles. The number of allylic oxidation sites excluding steroid dienone is 7. The van der Waals surface area contributed by atoms with Crippen LogP contribution >= 0.6 is 11.3 Å². The highest BCUT2D eigenvalue weighted by Crippen LogP contribution is 2.62. The van der Waals surface area contributed by atoms with Gasteiger partial charge in [-0.05, 0) is 110 Å². The minimum absolute atomic E-state index is 0.00713. The van der Waals surface area contributed by atoms with Crippen molar-refractivity contribution in [2.75, 3.05) is 0 Å². The van der Waals surface area contributed by atoms with Gasteiger partial charge < -0.3 is 0 Å². The lowest BCUT2D eigenvalue weighted by Crippen LogP contribution is -1.90. The molecule has 9 rings (SSSR count). The zero-order valence-electron chi connectivity index (χ0n) is 25.8. The second kappa shape index (κ2) is 10.4. The fraction of sp³-hybridized carbons (Fsp3) is 0.0909. The predicted octanol–water partition coefficient (Wildman–Crippen LogP) is 12.3. The van der Waals surface area contributed by atoms with Crippen molar-refractivity contribution in [1.82, 2.24) is 0 Å². The van der Waals surface area contributed by atoms with Gasteiger partial charge in [-0.1, -0.05) is 127 Å². The van der Waals surface area contributed by atoms with Gasteiger partial charge in [-0.25, -0.2) is 0 Å². The monoisotopic (exact) mass is 605 g/mol. The largest absolute Gasteiger partial charge is 0.195 e. The summed E-state index contributed by atoms with van der Waals surface area (Å²) in [6.07, 6.45) is 10.3. The van der Waals surface area contributed by atoms with E-state index in [1.165, 1.54) is 70.6 Å². The SMILES string of the molecule is Cc1cccc(C2=C3CC3(/C=C/C(=C=Nc3ccc(C)s3)c3ccc(-c4ccc5ccc6cccc7ccc4c5c67)cc3)C=C2)c1. The number of hydrogen-bond donors (Lipinski definition) is 0. The summed E-state index contributed by atoms with van der Waals surface area (Å²) in [5.41, 5.74) is 10.1. The first-order valence-corrected chi connectivity index (χ1v) is 16.7. The number of fused-ring (bicyclic) bond motifs is 1. The van der Waals surface area contributed by atoms with Crippen molar-refractivity contribution in [2.45, 2.75) is 20.3 Å². The third kappa shape index (κ3) is 4.50. The number of nitrogens with zero attached hydrogens (tertiary/aromatic N) is 1. The van der Waals surface area contributed by atoms with Crippen molar-refractivity contribution >= 4 is 65.7 Å². The number of benzene rings is 6. The van der Waals surface area contributed by atoms with Crippen LogP contribution in [0.15, 0.2) is 150 Å². The third-order valence-corrected chi connectivity index (χ3v) is 10.6. The van der Waals surface area contributed by atoms with Gasteiger partial charge in [0.2, 0.25) is 0 Å². The lowest BCUT2D eigenvalue weighted by atomic mass is 9.89. The van der Waals surface area contributed by atoms with Gasteiger partial charge in [0.05, 0.1) is 0 Å². The molecule has 1 unspecified atom stereocenters. The fourth-order valence-electron chi connectivity index (χ4n) is 7.23. The Kier molecular flexibility index (Phi) is 6.12. The van der Waals surface area contributed by atoms with Gasteiger partial charge >= 0.3 is 0 Å². The van der Waals surface area contributed by atoms with Crippen molar-refractivity contribution in [1.29, 1.82) is 0 Å². The van der Waals surface area contributed by atoms with E-state index in [2.05, 4.69) is 159 Å². The molecular weight excluding hydrogens is 575 g/mol. The molecular formula is C44H31NS. The molecule has 1 aromatic heterocycles. The molecule has 0 N–H and O–H groups in total. The highest BCUT2D eigenvalue weighted by atomic mass is 32.1. The van der Waals surface area contributed by atoms with Crippen molar-refractivity contribution in [3.05, 3.63) is 167 Å². The van der Waals surface area contributed by atoms with Gasteiger partial charge in [-0.3, -0.25) is 0 Å². The standard InChI is InChI=1S/C44H31NS/c1-28-5-3-8-35(25-28)38-22-24-44(26-40(38)44)23-21-36(27-45-41-20-9-29(2)46-41)30-10-12-31(13-11-30)37-18-16-34-15-14-32-6-4-7-33-17-19-39(37)43(34)42(32)33/h3-25H,26H2,1-2H3/b23-21+. The van der Waals surface area contributed by atoms with Crippen molar-refractivity contribution in [2.24, 2.45) is 10.4 Å². The van der Waals surface area contributed by atoms with Crippen LogP contribution in [-0.4, -0.2) is 5.87 Å². The van der Waals surface area contributed by atoms with Crippen LogP contribution in [0.25, 0.3) is 54.6 Å². The normalized spacial score (nSPS) is 17.0. The molecule has 46 heavy (non-hydrogen) atoms. The molecule has 7 aromatic rings. The second-order valence-electron chi connectivity index (χ2n) is 12.7. The van der Waals surface area contributed by atoms with Crippen LogP contribution in [0, 0.1) is 19.3 Å². The van der Waals surface area contributed by atoms with E-state index in [9.17, 15) is 0 Å². The Labute approximate surface area is 273 Å². The van der Waals surface area contributed by atoms with E-state index >= 15 is 0 Å². The Hall–Kier alpha value is -5.27. The third-order valence-electron chi connectivity index (χ3n) is 9.70. The zero-order chi connectivity index (χ0) is 30.8. The maximum atomic E-state index is 4.78. The lowest BCUT2D eigenvalue weighted by molar-refractivity contribution is 0.905. The van der Waals surface area contributed by atoms with Gasteiger partial charge in [0.15, 0.2) is 0 Å². The van der Waals surface area contributed by atoms with Crippen LogP contribution in [0.4, 0.5) is 5.00 Å². The van der Waals surface area contributed by atoms with Gasteiger partial charge in [0.25, 0.3) is 0 Å². The Morgan fingerprint density at radius 1 is 0.761 bits per heavy atom. The molecule has 0 amide bonds. The van der Waals surface area contributed by atoms with Gasteiger partial charge in [0, 0.05) is 15.9 Å². The van der Waals surface area contributed by atoms with E-state index in [0.29, 0.717) is 0 Å². The van der Waals surface area contributed by atoms with E-state index in [-0.39, 0.29) is 5.41 Å². The number of rotatable bonds is 6. The maximum Gasteiger partial charge on any atom is 0.126 e. The summed E-state index contributed by atoms with van der Waals surface area (Å²) in [4.78, 5) is 6.03. The van der Waals surface area contributed by atoms with E-state index in [4.69, 9.17) is 4.99 Å². The summed E-state index contributed by atoms with van der Waals surface area (Å²) in [6.45, 7) is 4.28. The predicted molar refractivity (Wildman–Crippen MR) is 199 cm³/mol. The van der Waals surface area contributed by atoms with E-state index in [0.717, 1.165) is 22.6 Å². The maximum absolute atomic E-state index is 4.78. The van der Waals surface area contributed by atoms with Crippen LogP contribution in [0.1, 0.15) is 28.0 Å². The average molecular weight is 606 g/mol. The molecule has 218 valence electrons. The summed E-state index contributed by atoms with van der Waals surface area (Å²) in [5, 5.41) is 8.84. The molecule has 1 nitrogen and oxygen atoms in total. The molecule has 1 fully saturated rings. The molecule has 2 heteroatoms. The van der Waals surface area contributed by atoms with Crippen LogP contribution in [0.2, 0.25) is 0 Å². The molecule has 6 aromatic carbocycles. The molecule has 0 spiro atoms. The average Bonchev–Trinajstić information content (AvgIpc) is 3.43. The molecule has 2 aliphatic rings. The van der Waals surface area contributed by atoms with Crippen LogP contribution in [-0.2, 0) is 0 Å². The number of thiophene rings is 1. The first-order valence-electron chi connectivity index (χ1n) is 15.9. The smallest absolute Gasteiger partial charge is 0.126 e. The Morgan fingerprint density at radius 3 is 2.28 bits per heavy atom. The molecule has 1 saturated carbocycles. The molecule has 0 radical (unpaired) electrons. The van der Waals surface area contributed by atoms with Crippen molar-refractivity contribution in [3.63, 3.8) is 0 Å². The molecule has 0 aliphatic heterocycles. The summed E-state index contributed by atoms with van der Waals surface area (Å²) >= 11 is 1.69. The second-order valence-corrected chi connectivity index (χ2v) is 14.0. The molecule has 1 atom stereocenters. The van der Waals surface area contributed by atoms with Crippen LogP contribution in [0.5, 0.6) is 0 Å². The van der Waals surface area contributed by atoms with E-state index in [1.807, 2.05) is 0 Å². The Balaban J connectivity index is 1.10. The minimum atomic E-state index is 0.00713. The van der Waals surface area contributed by atoms with Crippen molar-refractivity contribution < 1.29 is 0 Å². The fourth-order valence-corrected chi connectivity index (χ4v) is 7.92. The highest BCUT2D eigenvalue weighted by Gasteiger charge is 2.49. The van der Waals surface area contributed by atoms with Gasteiger partial charge in [-0.2, -0.15) is 4.99 Å². The van der Waals surface area contributed by atoms with E-state index < -0.39 is 0 Å². The van der Waals surface area contributed by atoms with Crippen LogP contribution < -0.4 is 0 Å². The Morgan fingerprint density at radius 2 is 1.52 bits per heavy atom. The summed E-state index contributed by atoms with van der Waals surface area (Å²) in [7, 11) is 0. The Bertz CT molecular complexity index is 2480. The molecule has 2 aliphatic carbocycles. The van der Waals surface area contributed by atoms with E-state index in [1.54, 1.807) is 11.3 Å². The lowest BCUT2D eigenvalue weighted by Gasteiger charge is -2.14. The number of hydrogen-bond acceptors (Lipinski definition) is 2. The summed E-state index contributed by atoms with van der Waals surface area (Å²) in [6, 6.07) is 42.1. The quantitative estimate of drug-likeness (QED) is 0.102. The zero-order valence-corrected chi connectivity index (χ0v) is 26.7. The van der Waals surface area contributed by atoms with Crippen molar-refractivity contribution in [3.8, 4) is 11.1 Å².